The molecule has 2 amide bonds. The number of nitrogens with one attached hydrogen (secondary N) is 2. The lowest BCUT2D eigenvalue weighted by Crippen LogP contribution is -2.43. The second kappa shape index (κ2) is 11.3. The van der Waals surface area contributed by atoms with Gasteiger partial charge in [0.1, 0.15) is 5.69 Å². The van der Waals surface area contributed by atoms with Crippen LogP contribution in [0.25, 0.3) is 0 Å². The van der Waals surface area contributed by atoms with Crippen molar-refractivity contribution in [1.82, 2.24) is 25.1 Å². The fourth-order valence-electron chi connectivity index (χ4n) is 5.03. The lowest BCUT2D eigenvalue weighted by Gasteiger charge is -2.32. The summed E-state index contributed by atoms with van der Waals surface area (Å²) in [6.45, 7) is 5.18. The van der Waals surface area contributed by atoms with E-state index < -0.39 is 11.3 Å². The summed E-state index contributed by atoms with van der Waals surface area (Å²) in [6, 6.07) is 16.1. The minimum absolute atomic E-state index is 0.0359. The number of urea groups is 1. The maximum atomic E-state index is 13.2. The molecule has 1 saturated carbocycles. The Kier molecular flexibility index (Phi) is 7.68. The number of carbonyl (C=O) groups excluding carboxylic acids is 1. The molecule has 1 unspecified atom stereocenters. The van der Waals surface area contributed by atoms with Crippen molar-refractivity contribution in [2.75, 3.05) is 6.54 Å². The SMILES string of the molecule is CC(C)N1C(=O)N(Cc2nc[nH]c(=O)c2O)CC1c1ccc(C#Cc2ccc(CNC3CC(O)C3)cc2)cc1. The molecular formula is C30H33N5O4. The first kappa shape index (κ1) is 26.5. The highest BCUT2D eigenvalue weighted by Crippen LogP contribution is 2.33. The molecule has 0 spiro atoms. The second-order valence-corrected chi connectivity index (χ2v) is 10.5. The fourth-order valence-corrected chi connectivity index (χ4v) is 5.03. The molecule has 3 aromatic rings. The van der Waals surface area contributed by atoms with Crippen LogP contribution >= 0.6 is 0 Å². The second-order valence-electron chi connectivity index (χ2n) is 10.5. The number of nitrogens with zero attached hydrogens (tertiary/aromatic N) is 3. The molecule has 1 atom stereocenters. The van der Waals surface area contributed by atoms with E-state index in [4.69, 9.17) is 0 Å². The first-order valence-electron chi connectivity index (χ1n) is 13.2. The Balaban J connectivity index is 1.24. The third-order valence-electron chi connectivity index (χ3n) is 7.33. The molecule has 5 rings (SSSR count). The van der Waals surface area contributed by atoms with Gasteiger partial charge in [0, 0.05) is 36.3 Å². The molecule has 4 N–H and O–H groups in total. The first-order valence-corrected chi connectivity index (χ1v) is 13.2. The van der Waals surface area contributed by atoms with Crippen LogP contribution in [0.5, 0.6) is 5.75 Å². The number of hydrogen-bond acceptors (Lipinski definition) is 6. The molecule has 2 heterocycles. The molecule has 39 heavy (non-hydrogen) atoms. The maximum absolute atomic E-state index is 13.2. The van der Waals surface area contributed by atoms with Gasteiger partial charge in [-0.3, -0.25) is 4.79 Å². The first-order chi connectivity index (χ1) is 18.8. The van der Waals surface area contributed by atoms with Crippen LogP contribution in [0.4, 0.5) is 4.79 Å². The molecule has 2 fully saturated rings. The Morgan fingerprint density at radius 3 is 2.31 bits per heavy atom. The highest BCUT2D eigenvalue weighted by Gasteiger charge is 2.40. The number of hydrogen-bond donors (Lipinski definition) is 4. The number of benzene rings is 2. The lowest BCUT2D eigenvalue weighted by molar-refractivity contribution is 0.0619. The van der Waals surface area contributed by atoms with E-state index in [1.807, 2.05) is 55.1 Å². The van der Waals surface area contributed by atoms with Crippen LogP contribution in [0.15, 0.2) is 59.7 Å². The standard InChI is InChI=1S/C30H33N5O4/c1-19(2)35-27(17-34(30(35)39)16-26-28(37)29(38)33-18-32-26)23-11-9-21(10-12-23)4-3-20-5-7-22(8-6-20)15-31-24-13-25(36)14-24/h5-12,18-19,24-25,27,31,36-37H,13-17H2,1-2H3,(H,32,33,38). The number of aromatic amines is 1. The number of aromatic nitrogens is 2. The Morgan fingerprint density at radius 2 is 1.69 bits per heavy atom. The van der Waals surface area contributed by atoms with Gasteiger partial charge in [-0.2, -0.15) is 0 Å². The van der Waals surface area contributed by atoms with Crippen molar-refractivity contribution in [1.29, 1.82) is 0 Å². The lowest BCUT2D eigenvalue weighted by atomic mass is 9.89. The third kappa shape index (κ3) is 5.98. The van der Waals surface area contributed by atoms with Gasteiger partial charge in [-0.25, -0.2) is 9.78 Å². The van der Waals surface area contributed by atoms with Crippen molar-refractivity contribution in [2.24, 2.45) is 0 Å². The van der Waals surface area contributed by atoms with E-state index in [9.17, 15) is 19.8 Å². The topological polar surface area (TPSA) is 122 Å². The van der Waals surface area contributed by atoms with Crippen LogP contribution in [0.2, 0.25) is 0 Å². The zero-order chi connectivity index (χ0) is 27.5. The van der Waals surface area contributed by atoms with Crippen LogP contribution in [0.3, 0.4) is 0 Å². The Labute approximate surface area is 227 Å². The van der Waals surface area contributed by atoms with E-state index in [1.165, 1.54) is 11.9 Å². The average Bonchev–Trinajstić information content (AvgIpc) is 3.24. The van der Waals surface area contributed by atoms with Crippen molar-refractivity contribution in [3.05, 3.63) is 93.2 Å². The van der Waals surface area contributed by atoms with Crippen molar-refractivity contribution >= 4 is 6.03 Å². The molecule has 202 valence electrons. The van der Waals surface area contributed by atoms with Crippen LogP contribution in [-0.4, -0.2) is 60.7 Å². The van der Waals surface area contributed by atoms with Crippen molar-refractivity contribution in [2.45, 2.75) is 64.0 Å². The Hall–Kier alpha value is -4.13. The molecule has 0 bridgehead atoms. The van der Waals surface area contributed by atoms with Crippen LogP contribution in [-0.2, 0) is 13.1 Å². The number of aliphatic hydroxyl groups excluding tert-OH is 1. The number of H-pyrrole nitrogens is 1. The summed E-state index contributed by atoms with van der Waals surface area (Å²) >= 11 is 0. The number of rotatable bonds is 7. The summed E-state index contributed by atoms with van der Waals surface area (Å²) in [5.41, 5.74) is 3.53. The number of aromatic hydroxyl groups is 1. The fraction of sp³-hybridized carbons (Fsp3) is 0.367. The minimum atomic E-state index is -0.626. The summed E-state index contributed by atoms with van der Waals surface area (Å²) in [4.78, 5) is 34.7. The summed E-state index contributed by atoms with van der Waals surface area (Å²) < 4.78 is 0. The summed E-state index contributed by atoms with van der Waals surface area (Å²) in [7, 11) is 0. The third-order valence-corrected chi connectivity index (χ3v) is 7.33. The monoisotopic (exact) mass is 527 g/mol. The molecule has 1 aromatic heterocycles. The van der Waals surface area contributed by atoms with Gasteiger partial charge in [-0.05, 0) is 62.1 Å². The number of amides is 2. The Morgan fingerprint density at radius 1 is 1.05 bits per heavy atom. The summed E-state index contributed by atoms with van der Waals surface area (Å²) in [5.74, 6) is 5.96. The zero-order valence-corrected chi connectivity index (χ0v) is 22.1. The van der Waals surface area contributed by atoms with Crippen LogP contribution < -0.4 is 10.9 Å². The van der Waals surface area contributed by atoms with Crippen LogP contribution in [0, 0.1) is 11.8 Å². The smallest absolute Gasteiger partial charge is 0.321 e. The largest absolute Gasteiger partial charge is 0.502 e. The molecular weight excluding hydrogens is 494 g/mol. The molecule has 9 heteroatoms. The van der Waals surface area contributed by atoms with Crippen LogP contribution in [0.1, 0.15) is 60.7 Å². The van der Waals surface area contributed by atoms with Crippen molar-refractivity contribution < 1.29 is 15.0 Å². The molecule has 0 radical (unpaired) electrons. The number of aliphatic hydroxyl groups is 1. The highest BCUT2D eigenvalue weighted by atomic mass is 16.3. The van der Waals surface area contributed by atoms with E-state index >= 15 is 0 Å². The summed E-state index contributed by atoms with van der Waals surface area (Å²) in [5, 5.41) is 22.9. The van der Waals surface area contributed by atoms with Crippen molar-refractivity contribution in [3.63, 3.8) is 0 Å². The van der Waals surface area contributed by atoms with E-state index in [0.29, 0.717) is 12.6 Å². The molecule has 2 aromatic carbocycles. The molecule has 1 aliphatic heterocycles. The van der Waals surface area contributed by atoms with Gasteiger partial charge in [-0.1, -0.05) is 36.1 Å². The quantitative estimate of drug-likeness (QED) is 0.351. The maximum Gasteiger partial charge on any atom is 0.321 e. The van der Waals surface area contributed by atoms with E-state index in [0.717, 1.165) is 36.1 Å². The predicted octanol–water partition coefficient (Wildman–Crippen LogP) is 2.88. The van der Waals surface area contributed by atoms with Gasteiger partial charge < -0.3 is 30.3 Å². The molecule has 9 nitrogen and oxygen atoms in total. The van der Waals surface area contributed by atoms with E-state index in [2.05, 4.69) is 39.3 Å². The molecule has 1 aliphatic carbocycles. The van der Waals surface area contributed by atoms with Gasteiger partial charge in [0.25, 0.3) is 5.56 Å². The predicted molar refractivity (Wildman–Crippen MR) is 147 cm³/mol. The summed E-state index contributed by atoms with van der Waals surface area (Å²) in [6.07, 6.45) is 2.72. The minimum Gasteiger partial charge on any atom is -0.502 e. The van der Waals surface area contributed by atoms with Gasteiger partial charge in [0.2, 0.25) is 5.75 Å². The Bertz CT molecular complexity index is 1430. The highest BCUT2D eigenvalue weighted by molar-refractivity contribution is 5.78. The zero-order valence-electron chi connectivity index (χ0n) is 22.1. The average molecular weight is 528 g/mol. The number of carbonyl (C=O) groups is 1. The molecule has 1 saturated heterocycles. The van der Waals surface area contributed by atoms with Gasteiger partial charge in [0.15, 0.2) is 0 Å². The normalized spacial score (nSPS) is 20.6. The van der Waals surface area contributed by atoms with E-state index in [-0.39, 0.29) is 36.5 Å². The van der Waals surface area contributed by atoms with Crippen molar-refractivity contribution in [3.8, 4) is 17.6 Å². The molecule has 2 aliphatic rings. The van der Waals surface area contributed by atoms with Gasteiger partial charge >= 0.3 is 6.03 Å². The van der Waals surface area contributed by atoms with Gasteiger partial charge in [0.05, 0.1) is 25.0 Å². The van der Waals surface area contributed by atoms with E-state index in [1.54, 1.807) is 4.90 Å². The van der Waals surface area contributed by atoms with Gasteiger partial charge in [-0.15, -0.1) is 0 Å².